The zero-order valence-electron chi connectivity index (χ0n) is 16.2. The molecular weight excluding hydrogens is 432 g/mol. The number of carbonyl (C=O) groups excluding carboxylic acids is 1. The van der Waals surface area contributed by atoms with Crippen molar-refractivity contribution in [3.8, 4) is 0 Å². The van der Waals surface area contributed by atoms with Crippen molar-refractivity contribution in [1.29, 1.82) is 0 Å². The predicted octanol–water partition coefficient (Wildman–Crippen LogP) is 3.91. The third-order valence-electron chi connectivity index (χ3n) is 5.00. The number of aliphatic carboxylic acids is 1. The van der Waals surface area contributed by atoms with E-state index in [0.29, 0.717) is 5.56 Å². The molecule has 1 unspecified atom stereocenters. The van der Waals surface area contributed by atoms with Crippen LogP contribution >= 0.6 is 15.9 Å². The molecule has 1 aliphatic heterocycles. The van der Waals surface area contributed by atoms with Gasteiger partial charge in [-0.05, 0) is 51.3 Å². The number of hydrogen-bond donors (Lipinski definition) is 1. The van der Waals surface area contributed by atoms with Crippen LogP contribution in [0.4, 0.5) is 4.79 Å². The van der Waals surface area contributed by atoms with Crippen LogP contribution < -0.4 is 0 Å². The van der Waals surface area contributed by atoms with Gasteiger partial charge in [0.15, 0.2) is 0 Å². The van der Waals surface area contributed by atoms with Crippen LogP contribution in [-0.2, 0) is 9.53 Å². The second kappa shape index (κ2) is 8.46. The first-order chi connectivity index (χ1) is 12.9. The van der Waals surface area contributed by atoms with Crippen LogP contribution in [0.15, 0.2) is 28.7 Å². The standard InChI is InChI=1S/C19H25BrN2O6/c1-18(2,3)28-17(25)21-10-8-19(9-11-21,16(23)24)15(12-22(26)27)13-4-6-14(20)7-5-13/h4-7,15H,8-12H2,1-3H3,(H,23,24). The molecule has 154 valence electrons. The molecule has 0 bridgehead atoms. The lowest BCUT2D eigenvalue weighted by Gasteiger charge is -2.42. The van der Waals surface area contributed by atoms with E-state index in [2.05, 4.69) is 15.9 Å². The Bertz CT molecular complexity index is 736. The lowest BCUT2D eigenvalue weighted by Crippen LogP contribution is -2.51. The van der Waals surface area contributed by atoms with Crippen molar-refractivity contribution in [2.75, 3.05) is 19.6 Å². The van der Waals surface area contributed by atoms with Crippen LogP contribution in [0.1, 0.15) is 45.1 Å². The van der Waals surface area contributed by atoms with E-state index in [-0.39, 0.29) is 25.9 Å². The highest BCUT2D eigenvalue weighted by molar-refractivity contribution is 9.10. The molecule has 1 N–H and O–H groups in total. The number of nitro groups is 1. The maximum absolute atomic E-state index is 12.3. The number of nitrogens with zero attached hydrogens (tertiary/aromatic N) is 2. The van der Waals surface area contributed by atoms with Crippen molar-refractivity contribution in [3.05, 3.63) is 44.4 Å². The second-order valence-corrected chi connectivity index (χ2v) is 8.96. The molecule has 8 nitrogen and oxygen atoms in total. The first-order valence-electron chi connectivity index (χ1n) is 9.03. The Morgan fingerprint density at radius 1 is 1.29 bits per heavy atom. The average molecular weight is 457 g/mol. The minimum absolute atomic E-state index is 0.121. The number of benzene rings is 1. The Balaban J connectivity index is 2.29. The maximum Gasteiger partial charge on any atom is 0.410 e. The Morgan fingerprint density at radius 2 is 1.82 bits per heavy atom. The molecule has 1 aliphatic rings. The normalized spacial score (nSPS) is 17.6. The molecule has 0 aliphatic carbocycles. The third kappa shape index (κ3) is 5.21. The topological polar surface area (TPSA) is 110 Å². The number of halogens is 1. The summed E-state index contributed by atoms with van der Waals surface area (Å²) in [5, 5.41) is 21.3. The van der Waals surface area contributed by atoms with Gasteiger partial charge in [0, 0.05) is 22.5 Å². The predicted molar refractivity (Wildman–Crippen MR) is 106 cm³/mol. The molecule has 1 aromatic carbocycles. The van der Waals surface area contributed by atoms with Crippen molar-refractivity contribution in [2.24, 2.45) is 5.41 Å². The smallest absolute Gasteiger partial charge is 0.410 e. The summed E-state index contributed by atoms with van der Waals surface area (Å²) in [7, 11) is 0. The van der Waals surface area contributed by atoms with Crippen LogP contribution in [0.5, 0.6) is 0 Å². The van der Waals surface area contributed by atoms with E-state index in [4.69, 9.17) is 4.74 Å². The fraction of sp³-hybridized carbons (Fsp3) is 0.579. The highest BCUT2D eigenvalue weighted by Gasteiger charge is 2.51. The number of likely N-dealkylation sites (tertiary alicyclic amines) is 1. The van der Waals surface area contributed by atoms with Gasteiger partial charge in [0.25, 0.3) is 0 Å². The number of carboxylic acid groups (broad SMARTS) is 1. The summed E-state index contributed by atoms with van der Waals surface area (Å²) < 4.78 is 6.16. The molecule has 1 amide bonds. The van der Waals surface area contributed by atoms with Gasteiger partial charge >= 0.3 is 12.1 Å². The van der Waals surface area contributed by atoms with Crippen molar-refractivity contribution >= 4 is 28.0 Å². The van der Waals surface area contributed by atoms with Gasteiger partial charge in [-0.3, -0.25) is 14.9 Å². The number of hydrogen-bond acceptors (Lipinski definition) is 5. The fourth-order valence-corrected chi connectivity index (χ4v) is 3.83. The van der Waals surface area contributed by atoms with E-state index in [1.807, 2.05) is 0 Å². The van der Waals surface area contributed by atoms with E-state index >= 15 is 0 Å². The molecule has 1 atom stereocenters. The van der Waals surface area contributed by atoms with Crippen LogP contribution in [0.25, 0.3) is 0 Å². The van der Waals surface area contributed by atoms with Gasteiger partial charge in [0.2, 0.25) is 6.54 Å². The first-order valence-corrected chi connectivity index (χ1v) is 9.82. The lowest BCUT2D eigenvalue weighted by molar-refractivity contribution is -0.486. The summed E-state index contributed by atoms with van der Waals surface area (Å²) in [5.74, 6) is -1.88. The van der Waals surface area contributed by atoms with Crippen molar-refractivity contribution in [2.45, 2.75) is 45.1 Å². The highest BCUT2D eigenvalue weighted by Crippen LogP contribution is 2.45. The lowest BCUT2D eigenvalue weighted by atomic mass is 9.66. The number of amides is 1. The number of ether oxygens (including phenoxy) is 1. The summed E-state index contributed by atoms with van der Waals surface area (Å²) in [6.45, 7) is 5.14. The van der Waals surface area contributed by atoms with E-state index in [1.165, 1.54) is 4.90 Å². The molecular formula is C19H25BrN2O6. The van der Waals surface area contributed by atoms with Gasteiger partial charge in [-0.1, -0.05) is 28.1 Å². The quantitative estimate of drug-likeness (QED) is 0.530. The van der Waals surface area contributed by atoms with Gasteiger partial charge in [0.05, 0.1) is 11.3 Å². The number of carboxylic acids is 1. The molecule has 1 heterocycles. The minimum Gasteiger partial charge on any atom is -0.481 e. The van der Waals surface area contributed by atoms with Gasteiger partial charge < -0.3 is 14.7 Å². The van der Waals surface area contributed by atoms with Crippen LogP contribution in [0.2, 0.25) is 0 Å². The van der Waals surface area contributed by atoms with Gasteiger partial charge in [-0.15, -0.1) is 0 Å². The van der Waals surface area contributed by atoms with Crippen LogP contribution in [-0.4, -0.2) is 52.2 Å². The zero-order valence-corrected chi connectivity index (χ0v) is 17.8. The molecule has 9 heteroatoms. The zero-order chi connectivity index (χ0) is 21.1. The van der Waals surface area contributed by atoms with Gasteiger partial charge in [-0.25, -0.2) is 4.79 Å². The monoisotopic (exact) mass is 456 g/mol. The first kappa shape index (κ1) is 22.1. The average Bonchev–Trinajstić information content (AvgIpc) is 2.59. The largest absolute Gasteiger partial charge is 0.481 e. The molecule has 1 aromatic rings. The molecule has 1 fully saturated rings. The van der Waals surface area contributed by atoms with Crippen molar-refractivity contribution in [3.63, 3.8) is 0 Å². The molecule has 0 aromatic heterocycles. The van der Waals surface area contributed by atoms with E-state index in [9.17, 15) is 24.8 Å². The summed E-state index contributed by atoms with van der Waals surface area (Å²) in [6.07, 6.45) is -0.257. The summed E-state index contributed by atoms with van der Waals surface area (Å²) in [6, 6.07) is 6.91. The number of rotatable bonds is 5. The molecule has 28 heavy (non-hydrogen) atoms. The molecule has 0 radical (unpaired) electrons. The highest BCUT2D eigenvalue weighted by atomic mass is 79.9. The summed E-state index contributed by atoms with van der Waals surface area (Å²) >= 11 is 3.32. The van der Waals surface area contributed by atoms with Gasteiger partial charge in [0.1, 0.15) is 5.60 Å². The fourth-order valence-electron chi connectivity index (χ4n) is 3.57. The SMILES string of the molecule is CC(C)(C)OC(=O)N1CCC(C(=O)O)(C(C[N+](=O)[O-])c2ccc(Br)cc2)CC1. The Kier molecular flexibility index (Phi) is 6.69. The Hall–Kier alpha value is -2.16. The van der Waals surface area contributed by atoms with Crippen LogP contribution in [0.3, 0.4) is 0 Å². The van der Waals surface area contributed by atoms with Crippen LogP contribution in [0, 0.1) is 15.5 Å². The molecule has 1 saturated heterocycles. The second-order valence-electron chi connectivity index (χ2n) is 8.05. The van der Waals surface area contributed by atoms with E-state index < -0.39 is 40.5 Å². The molecule has 2 rings (SSSR count). The number of carbonyl (C=O) groups is 2. The van der Waals surface area contributed by atoms with E-state index in [1.54, 1.807) is 45.0 Å². The van der Waals surface area contributed by atoms with Crippen molar-refractivity contribution in [1.82, 2.24) is 4.90 Å². The maximum atomic E-state index is 12.3. The Morgan fingerprint density at radius 3 is 2.25 bits per heavy atom. The minimum atomic E-state index is -1.32. The summed E-state index contributed by atoms with van der Waals surface area (Å²) in [5.41, 5.74) is -1.36. The molecule has 0 saturated carbocycles. The Labute approximate surface area is 172 Å². The summed E-state index contributed by atoms with van der Waals surface area (Å²) in [4.78, 5) is 36.9. The molecule has 0 spiro atoms. The third-order valence-corrected chi connectivity index (χ3v) is 5.53. The van der Waals surface area contributed by atoms with E-state index in [0.717, 1.165) is 4.47 Å². The number of piperidine rings is 1. The van der Waals surface area contributed by atoms with Crippen molar-refractivity contribution < 1.29 is 24.4 Å². The van der Waals surface area contributed by atoms with Gasteiger partial charge in [-0.2, -0.15) is 0 Å².